The van der Waals surface area contributed by atoms with Crippen LogP contribution in [0.1, 0.15) is 51.1 Å². The molecule has 2 rings (SSSR count). The first kappa shape index (κ1) is 14.0. The van der Waals surface area contributed by atoms with Crippen LogP contribution in [0, 0.1) is 5.41 Å². The van der Waals surface area contributed by atoms with Crippen molar-refractivity contribution < 1.29 is 4.74 Å². The number of hydrogen-bond acceptors (Lipinski definition) is 4. The van der Waals surface area contributed by atoms with E-state index >= 15 is 0 Å². The van der Waals surface area contributed by atoms with Crippen molar-refractivity contribution in [2.75, 3.05) is 7.11 Å². The van der Waals surface area contributed by atoms with Gasteiger partial charge in [-0.25, -0.2) is 0 Å². The molecule has 1 aliphatic carbocycles. The highest BCUT2D eigenvalue weighted by Crippen LogP contribution is 2.47. The maximum atomic E-state index is 5.91. The summed E-state index contributed by atoms with van der Waals surface area (Å²) in [5.74, 6) is 5.80. The summed E-state index contributed by atoms with van der Waals surface area (Å²) in [5, 5.41) is 4.25. The standard InChI is InChI=1S/C14H24N2OS/c1-13(2)5-7-14(17-3,8-6-13)12(16-15)11-4-9-18-10-11/h4,9-10,12,16H,5-8,15H2,1-3H3. The van der Waals surface area contributed by atoms with Gasteiger partial charge in [0, 0.05) is 7.11 Å². The Morgan fingerprint density at radius 2 is 2.00 bits per heavy atom. The zero-order valence-corrected chi connectivity index (χ0v) is 12.3. The van der Waals surface area contributed by atoms with Crippen LogP contribution in [0.15, 0.2) is 16.8 Å². The van der Waals surface area contributed by atoms with Crippen molar-refractivity contribution >= 4 is 11.3 Å². The van der Waals surface area contributed by atoms with Crippen molar-refractivity contribution in [3.63, 3.8) is 0 Å². The molecule has 102 valence electrons. The minimum atomic E-state index is -0.161. The maximum absolute atomic E-state index is 5.91. The van der Waals surface area contributed by atoms with Gasteiger partial charge in [0.2, 0.25) is 0 Å². The second kappa shape index (κ2) is 5.29. The van der Waals surface area contributed by atoms with Gasteiger partial charge in [0.15, 0.2) is 0 Å². The largest absolute Gasteiger partial charge is 0.376 e. The van der Waals surface area contributed by atoms with Crippen LogP contribution in [0.5, 0.6) is 0 Å². The van der Waals surface area contributed by atoms with E-state index in [9.17, 15) is 0 Å². The third-order valence-corrected chi connectivity index (χ3v) is 5.13. The van der Waals surface area contributed by atoms with Crippen LogP contribution in [0.25, 0.3) is 0 Å². The Morgan fingerprint density at radius 3 is 2.44 bits per heavy atom. The van der Waals surface area contributed by atoms with Gasteiger partial charge < -0.3 is 4.74 Å². The molecule has 4 heteroatoms. The smallest absolute Gasteiger partial charge is 0.0886 e. The third-order valence-electron chi connectivity index (χ3n) is 4.43. The predicted molar refractivity (Wildman–Crippen MR) is 76.4 cm³/mol. The van der Waals surface area contributed by atoms with Gasteiger partial charge in [-0.2, -0.15) is 11.3 Å². The Balaban J connectivity index is 2.21. The van der Waals surface area contributed by atoms with Gasteiger partial charge in [0.25, 0.3) is 0 Å². The van der Waals surface area contributed by atoms with Crippen LogP contribution >= 0.6 is 11.3 Å². The number of hydrazine groups is 1. The fourth-order valence-corrected chi connectivity index (χ4v) is 3.64. The Bertz CT molecular complexity index is 365. The summed E-state index contributed by atoms with van der Waals surface area (Å²) in [6.07, 6.45) is 4.48. The fourth-order valence-electron chi connectivity index (χ4n) is 2.95. The van der Waals surface area contributed by atoms with E-state index in [-0.39, 0.29) is 11.6 Å². The highest BCUT2D eigenvalue weighted by Gasteiger charge is 2.44. The first-order chi connectivity index (χ1) is 8.53. The monoisotopic (exact) mass is 268 g/mol. The Labute approximate surface area is 114 Å². The molecule has 0 saturated heterocycles. The summed E-state index contributed by atoms with van der Waals surface area (Å²) < 4.78 is 5.91. The molecule has 0 spiro atoms. The van der Waals surface area contributed by atoms with Crippen LogP contribution < -0.4 is 11.3 Å². The van der Waals surface area contributed by atoms with Crippen molar-refractivity contribution in [2.45, 2.75) is 51.2 Å². The SMILES string of the molecule is COC1(C(NN)c2ccsc2)CCC(C)(C)CC1. The quantitative estimate of drug-likeness (QED) is 0.651. The van der Waals surface area contributed by atoms with Crippen LogP contribution in [-0.4, -0.2) is 12.7 Å². The summed E-state index contributed by atoms with van der Waals surface area (Å²) in [5.41, 5.74) is 4.48. The van der Waals surface area contributed by atoms with E-state index < -0.39 is 0 Å². The van der Waals surface area contributed by atoms with Gasteiger partial charge in [0.1, 0.15) is 0 Å². The molecular formula is C14H24N2OS. The first-order valence-corrected chi connectivity index (χ1v) is 7.51. The summed E-state index contributed by atoms with van der Waals surface area (Å²) in [7, 11) is 1.81. The topological polar surface area (TPSA) is 47.3 Å². The molecule has 1 fully saturated rings. The molecule has 18 heavy (non-hydrogen) atoms. The summed E-state index contributed by atoms with van der Waals surface area (Å²) in [6.45, 7) is 4.67. The molecule has 0 aromatic carbocycles. The summed E-state index contributed by atoms with van der Waals surface area (Å²) in [4.78, 5) is 0. The fraction of sp³-hybridized carbons (Fsp3) is 0.714. The van der Waals surface area contributed by atoms with Gasteiger partial charge >= 0.3 is 0 Å². The van der Waals surface area contributed by atoms with Gasteiger partial charge in [-0.1, -0.05) is 13.8 Å². The molecule has 1 aliphatic rings. The van der Waals surface area contributed by atoms with E-state index in [2.05, 4.69) is 36.1 Å². The molecule has 3 N–H and O–H groups in total. The highest BCUT2D eigenvalue weighted by molar-refractivity contribution is 7.07. The molecule has 1 unspecified atom stereocenters. The average Bonchev–Trinajstić information content (AvgIpc) is 2.86. The molecular weight excluding hydrogens is 244 g/mol. The minimum Gasteiger partial charge on any atom is -0.376 e. The summed E-state index contributed by atoms with van der Waals surface area (Å²) >= 11 is 1.71. The lowest BCUT2D eigenvalue weighted by molar-refractivity contribution is -0.0876. The second-order valence-corrected chi connectivity index (χ2v) is 6.87. The number of nitrogens with one attached hydrogen (secondary N) is 1. The molecule has 0 aliphatic heterocycles. The van der Waals surface area contributed by atoms with E-state index in [1.54, 1.807) is 11.3 Å². The highest BCUT2D eigenvalue weighted by atomic mass is 32.1. The Hall–Kier alpha value is -0.420. The van der Waals surface area contributed by atoms with E-state index in [1.807, 2.05) is 7.11 Å². The molecule has 0 radical (unpaired) electrons. The normalized spacial score (nSPS) is 23.8. The van der Waals surface area contributed by atoms with Crippen molar-refractivity contribution in [2.24, 2.45) is 11.3 Å². The first-order valence-electron chi connectivity index (χ1n) is 6.56. The van der Waals surface area contributed by atoms with Crippen molar-refractivity contribution in [3.05, 3.63) is 22.4 Å². The van der Waals surface area contributed by atoms with E-state index in [0.29, 0.717) is 5.41 Å². The van der Waals surface area contributed by atoms with Crippen molar-refractivity contribution in [3.8, 4) is 0 Å². The summed E-state index contributed by atoms with van der Waals surface area (Å²) in [6, 6.07) is 2.22. The number of thiophene rings is 1. The lowest BCUT2D eigenvalue weighted by Crippen LogP contribution is -2.50. The number of rotatable bonds is 4. The molecule has 3 nitrogen and oxygen atoms in total. The van der Waals surface area contributed by atoms with E-state index in [0.717, 1.165) is 12.8 Å². The minimum absolute atomic E-state index is 0.0878. The third kappa shape index (κ3) is 2.62. The zero-order chi connectivity index (χ0) is 13.2. The average molecular weight is 268 g/mol. The lowest BCUT2D eigenvalue weighted by Gasteiger charge is -2.46. The van der Waals surface area contributed by atoms with Gasteiger partial charge in [-0.3, -0.25) is 11.3 Å². The van der Waals surface area contributed by atoms with Gasteiger partial charge in [-0.15, -0.1) is 0 Å². The molecule has 1 saturated carbocycles. The van der Waals surface area contributed by atoms with Crippen LogP contribution in [0.3, 0.4) is 0 Å². The number of nitrogens with two attached hydrogens (primary N) is 1. The maximum Gasteiger partial charge on any atom is 0.0886 e. The van der Waals surface area contributed by atoms with E-state index in [1.165, 1.54) is 18.4 Å². The van der Waals surface area contributed by atoms with E-state index in [4.69, 9.17) is 10.6 Å². The van der Waals surface area contributed by atoms with Crippen molar-refractivity contribution in [1.29, 1.82) is 0 Å². The molecule has 0 bridgehead atoms. The molecule has 1 heterocycles. The second-order valence-electron chi connectivity index (χ2n) is 6.09. The predicted octanol–water partition coefficient (Wildman–Crippen LogP) is 3.24. The number of hydrogen-bond donors (Lipinski definition) is 2. The molecule has 1 aromatic rings. The van der Waals surface area contributed by atoms with Crippen LogP contribution in [-0.2, 0) is 4.74 Å². The Kier molecular flexibility index (Phi) is 4.11. The molecule has 0 amide bonds. The molecule has 1 aromatic heterocycles. The van der Waals surface area contributed by atoms with Gasteiger partial charge in [-0.05, 0) is 53.5 Å². The zero-order valence-electron chi connectivity index (χ0n) is 11.5. The number of ether oxygens (including phenoxy) is 1. The van der Waals surface area contributed by atoms with Crippen LogP contribution in [0.2, 0.25) is 0 Å². The van der Waals surface area contributed by atoms with Crippen molar-refractivity contribution in [1.82, 2.24) is 5.43 Å². The van der Waals surface area contributed by atoms with Crippen LogP contribution in [0.4, 0.5) is 0 Å². The van der Waals surface area contributed by atoms with Gasteiger partial charge in [0.05, 0.1) is 11.6 Å². The Morgan fingerprint density at radius 1 is 1.33 bits per heavy atom. The number of methoxy groups -OCH3 is 1. The lowest BCUT2D eigenvalue weighted by atomic mass is 9.67. The molecule has 1 atom stereocenters.